The number of hydrogen-bond donors (Lipinski definition) is 2. The lowest BCUT2D eigenvalue weighted by molar-refractivity contribution is -0.215. The Labute approximate surface area is 134 Å². The van der Waals surface area contributed by atoms with Crippen LogP contribution in [0.25, 0.3) is 0 Å². The molecular weight excluding hydrogens is 331 g/mol. The van der Waals surface area contributed by atoms with Crippen molar-refractivity contribution in [3.8, 4) is 0 Å². The van der Waals surface area contributed by atoms with Gasteiger partial charge in [0.2, 0.25) is 0 Å². The number of halogens is 3. The van der Waals surface area contributed by atoms with Gasteiger partial charge in [-0.2, -0.15) is 8.78 Å². The van der Waals surface area contributed by atoms with E-state index in [1.807, 2.05) is 5.32 Å². The van der Waals surface area contributed by atoms with Crippen molar-refractivity contribution in [2.45, 2.75) is 18.6 Å². The van der Waals surface area contributed by atoms with E-state index >= 15 is 0 Å². The molecule has 0 radical (unpaired) electrons. The predicted molar refractivity (Wildman–Crippen MR) is 76.9 cm³/mol. The van der Waals surface area contributed by atoms with Crippen LogP contribution in [0.2, 0.25) is 0 Å². The van der Waals surface area contributed by atoms with Gasteiger partial charge in [-0.15, -0.1) is 0 Å². The molecule has 1 heterocycles. The van der Waals surface area contributed by atoms with Gasteiger partial charge >= 0.3 is 12.0 Å². The van der Waals surface area contributed by atoms with E-state index in [1.54, 1.807) is 6.92 Å². The molecule has 1 amide bonds. The van der Waals surface area contributed by atoms with E-state index in [0.29, 0.717) is 0 Å². The molecule has 1 aromatic rings. The van der Waals surface area contributed by atoms with Crippen LogP contribution in [-0.2, 0) is 24.6 Å². The standard InChI is InChI=1S/C14H14F3N3O4/c1-13(6-23-5-11(18)20-13)9-4-8(2-3-10(9)15)19-12(22)14(16,17)24-7-21/h2-4,7H,5-6H2,1H3,(H2,18,20)(H,19,22). The van der Waals surface area contributed by atoms with Gasteiger partial charge in [-0.1, -0.05) is 0 Å². The zero-order chi connectivity index (χ0) is 18.0. The number of rotatable bonds is 5. The molecule has 1 unspecified atom stereocenters. The molecule has 1 aliphatic rings. The molecule has 0 spiro atoms. The maximum Gasteiger partial charge on any atom is 0.484 e. The first kappa shape index (κ1) is 17.7. The number of carbonyl (C=O) groups is 2. The van der Waals surface area contributed by atoms with Crippen molar-refractivity contribution >= 4 is 23.9 Å². The summed E-state index contributed by atoms with van der Waals surface area (Å²) >= 11 is 0. The summed E-state index contributed by atoms with van der Waals surface area (Å²) in [6, 6.07) is 3.19. The molecule has 1 aromatic carbocycles. The van der Waals surface area contributed by atoms with Crippen molar-refractivity contribution in [2.24, 2.45) is 10.7 Å². The highest BCUT2D eigenvalue weighted by Gasteiger charge is 2.42. The Kier molecular flexibility index (Phi) is 4.78. The molecule has 3 N–H and O–H groups in total. The summed E-state index contributed by atoms with van der Waals surface area (Å²) in [5, 5.41) is 1.84. The monoisotopic (exact) mass is 345 g/mol. The lowest BCUT2D eigenvalue weighted by Crippen LogP contribution is -2.38. The first-order valence-electron chi connectivity index (χ1n) is 6.70. The molecule has 0 aliphatic carbocycles. The van der Waals surface area contributed by atoms with Crippen molar-refractivity contribution in [1.82, 2.24) is 0 Å². The number of amidine groups is 1. The molecular formula is C14H14F3N3O4. The third-order valence-electron chi connectivity index (χ3n) is 3.29. The van der Waals surface area contributed by atoms with Crippen LogP contribution in [0.15, 0.2) is 23.2 Å². The normalized spacial score (nSPS) is 20.9. The second-order valence-corrected chi connectivity index (χ2v) is 5.25. The van der Waals surface area contributed by atoms with Crippen LogP contribution in [0, 0.1) is 5.82 Å². The molecule has 24 heavy (non-hydrogen) atoms. The smallest absolute Gasteiger partial charge is 0.396 e. The number of amides is 1. The molecule has 10 heteroatoms. The Morgan fingerprint density at radius 2 is 2.25 bits per heavy atom. The lowest BCUT2D eigenvalue weighted by atomic mass is 9.92. The number of ether oxygens (including phenoxy) is 2. The minimum Gasteiger partial charge on any atom is -0.396 e. The second kappa shape index (κ2) is 6.48. The molecule has 0 fully saturated rings. The predicted octanol–water partition coefficient (Wildman–Crippen LogP) is 1.13. The number of aliphatic imine (C=N–C) groups is 1. The summed E-state index contributed by atoms with van der Waals surface area (Å²) in [5.41, 5.74) is 4.29. The number of anilines is 1. The van der Waals surface area contributed by atoms with Crippen LogP contribution in [0.4, 0.5) is 18.9 Å². The van der Waals surface area contributed by atoms with E-state index in [-0.39, 0.29) is 30.3 Å². The van der Waals surface area contributed by atoms with E-state index in [0.717, 1.165) is 18.2 Å². The third kappa shape index (κ3) is 3.65. The number of nitrogens with zero attached hydrogens (tertiary/aromatic N) is 1. The summed E-state index contributed by atoms with van der Waals surface area (Å²) in [4.78, 5) is 25.5. The van der Waals surface area contributed by atoms with Gasteiger partial charge in [0.15, 0.2) is 0 Å². The Morgan fingerprint density at radius 1 is 1.54 bits per heavy atom. The second-order valence-electron chi connectivity index (χ2n) is 5.25. The molecule has 2 rings (SSSR count). The summed E-state index contributed by atoms with van der Waals surface area (Å²) in [7, 11) is 0. The first-order valence-corrected chi connectivity index (χ1v) is 6.70. The Balaban J connectivity index is 2.31. The van der Waals surface area contributed by atoms with Crippen LogP contribution in [0.1, 0.15) is 12.5 Å². The Hall–Kier alpha value is -2.62. The quantitative estimate of drug-likeness (QED) is 0.779. The molecule has 7 nitrogen and oxygen atoms in total. The molecule has 0 bridgehead atoms. The average Bonchev–Trinajstić information content (AvgIpc) is 2.48. The molecule has 130 valence electrons. The molecule has 1 aliphatic heterocycles. The van der Waals surface area contributed by atoms with Crippen molar-refractivity contribution in [3.05, 3.63) is 29.6 Å². The maximum absolute atomic E-state index is 14.1. The number of carbonyl (C=O) groups excluding carboxylic acids is 2. The van der Waals surface area contributed by atoms with Crippen molar-refractivity contribution < 1.29 is 32.2 Å². The number of alkyl halides is 2. The van der Waals surface area contributed by atoms with E-state index < -0.39 is 29.8 Å². The van der Waals surface area contributed by atoms with E-state index in [4.69, 9.17) is 10.5 Å². The van der Waals surface area contributed by atoms with Crippen molar-refractivity contribution in [3.63, 3.8) is 0 Å². The van der Waals surface area contributed by atoms with Crippen LogP contribution < -0.4 is 11.1 Å². The van der Waals surface area contributed by atoms with Gasteiger partial charge in [-0.05, 0) is 25.1 Å². The van der Waals surface area contributed by atoms with Crippen molar-refractivity contribution in [1.29, 1.82) is 0 Å². The van der Waals surface area contributed by atoms with Gasteiger partial charge in [-0.25, -0.2) is 4.39 Å². The SMILES string of the molecule is CC1(c2cc(NC(=O)C(F)(F)OC=O)ccc2F)COCC(N)=N1. The molecule has 0 saturated heterocycles. The van der Waals surface area contributed by atoms with Gasteiger partial charge in [0.25, 0.3) is 6.47 Å². The molecule has 0 aromatic heterocycles. The fraction of sp³-hybridized carbons (Fsp3) is 0.357. The minimum absolute atomic E-state index is 0.00238. The van der Waals surface area contributed by atoms with E-state index in [1.165, 1.54) is 0 Å². The first-order chi connectivity index (χ1) is 11.2. The highest BCUT2D eigenvalue weighted by Crippen LogP contribution is 2.32. The van der Waals surface area contributed by atoms with Gasteiger partial charge in [0, 0.05) is 11.3 Å². The summed E-state index contributed by atoms with van der Waals surface area (Å²) in [5.74, 6) is -2.39. The number of benzene rings is 1. The summed E-state index contributed by atoms with van der Waals surface area (Å²) < 4.78 is 49.1. The summed E-state index contributed by atoms with van der Waals surface area (Å²) in [6.45, 7) is 1.12. The van der Waals surface area contributed by atoms with Crippen LogP contribution in [-0.4, -0.2) is 37.5 Å². The Bertz CT molecular complexity index is 696. The molecule has 0 saturated carbocycles. The topological polar surface area (TPSA) is 103 Å². The number of nitrogens with one attached hydrogen (secondary N) is 1. The molecule has 1 atom stereocenters. The van der Waals surface area contributed by atoms with Crippen LogP contribution >= 0.6 is 0 Å². The van der Waals surface area contributed by atoms with Gasteiger partial charge in [0.05, 0.1) is 6.61 Å². The lowest BCUT2D eigenvalue weighted by Gasteiger charge is -2.30. The van der Waals surface area contributed by atoms with Gasteiger partial charge in [0.1, 0.15) is 23.8 Å². The van der Waals surface area contributed by atoms with Crippen LogP contribution in [0.3, 0.4) is 0 Å². The fourth-order valence-electron chi connectivity index (χ4n) is 2.21. The van der Waals surface area contributed by atoms with E-state index in [9.17, 15) is 22.8 Å². The maximum atomic E-state index is 14.1. The minimum atomic E-state index is -4.35. The third-order valence-corrected chi connectivity index (χ3v) is 3.29. The largest absolute Gasteiger partial charge is 0.484 e. The van der Waals surface area contributed by atoms with Crippen molar-refractivity contribution in [2.75, 3.05) is 18.5 Å². The zero-order valence-corrected chi connectivity index (χ0v) is 12.5. The Morgan fingerprint density at radius 3 is 2.88 bits per heavy atom. The average molecular weight is 345 g/mol. The zero-order valence-electron chi connectivity index (χ0n) is 12.5. The van der Waals surface area contributed by atoms with Crippen LogP contribution in [0.5, 0.6) is 0 Å². The highest BCUT2D eigenvalue weighted by molar-refractivity contribution is 5.95. The number of nitrogens with two attached hydrogens (primary N) is 1. The van der Waals surface area contributed by atoms with Gasteiger partial charge < -0.3 is 20.5 Å². The summed E-state index contributed by atoms with van der Waals surface area (Å²) in [6.07, 6.45) is -4.35. The van der Waals surface area contributed by atoms with Gasteiger partial charge in [-0.3, -0.25) is 14.6 Å². The van der Waals surface area contributed by atoms with E-state index in [2.05, 4.69) is 9.73 Å². The fourth-order valence-corrected chi connectivity index (χ4v) is 2.21. The number of hydrogen-bond acceptors (Lipinski definition) is 6. The highest BCUT2D eigenvalue weighted by atomic mass is 19.3.